The molecular weight excluding hydrogens is 434 g/mol. The topological polar surface area (TPSA) is 58.5 Å². The van der Waals surface area contributed by atoms with Gasteiger partial charge < -0.3 is 15.4 Å². The highest BCUT2D eigenvalue weighted by atomic mass is 127. The van der Waals surface area contributed by atoms with Gasteiger partial charge in [0.05, 0.1) is 19.3 Å². The molecule has 0 radical (unpaired) electrons. The molecule has 0 atom stereocenters. The minimum Gasteiger partial charge on any atom is -0.490 e. The van der Waals surface area contributed by atoms with E-state index in [1.54, 1.807) is 25.4 Å². The smallest absolute Gasteiger partial charge is 0.191 e. The summed E-state index contributed by atoms with van der Waals surface area (Å²) in [5.41, 5.74) is 1.47. The molecule has 1 aromatic heterocycles. The Hall–Kier alpha value is -1.90. The third-order valence-electron chi connectivity index (χ3n) is 3.30. The van der Waals surface area contributed by atoms with Crippen LogP contribution < -0.4 is 15.4 Å². The average molecular weight is 458 g/mol. The van der Waals surface area contributed by atoms with Crippen LogP contribution in [0.3, 0.4) is 0 Å². The second kappa shape index (κ2) is 11.6. The second-order valence-corrected chi connectivity index (χ2v) is 5.24. The monoisotopic (exact) mass is 458 g/mol. The molecule has 0 aliphatic heterocycles. The molecule has 2 rings (SSSR count). The van der Waals surface area contributed by atoms with Gasteiger partial charge >= 0.3 is 0 Å². The number of benzene rings is 1. The van der Waals surface area contributed by atoms with Crippen LogP contribution in [0.25, 0.3) is 0 Å². The fourth-order valence-corrected chi connectivity index (χ4v) is 2.02. The Morgan fingerprint density at radius 3 is 2.80 bits per heavy atom. The first kappa shape index (κ1) is 21.1. The second-order valence-electron chi connectivity index (χ2n) is 5.24. The van der Waals surface area contributed by atoms with Crippen molar-refractivity contribution < 1.29 is 9.13 Å². The van der Waals surface area contributed by atoms with Gasteiger partial charge in [-0.25, -0.2) is 9.38 Å². The number of guanidine groups is 1. The zero-order chi connectivity index (χ0) is 17.2. The van der Waals surface area contributed by atoms with Gasteiger partial charge in [-0.2, -0.15) is 0 Å². The zero-order valence-electron chi connectivity index (χ0n) is 14.5. The van der Waals surface area contributed by atoms with E-state index in [0.29, 0.717) is 31.2 Å². The highest BCUT2D eigenvalue weighted by Crippen LogP contribution is 2.10. The Morgan fingerprint density at radius 2 is 2.12 bits per heavy atom. The summed E-state index contributed by atoms with van der Waals surface area (Å²) in [6.07, 6.45) is 3.38. The Labute approximate surface area is 165 Å². The Bertz CT molecular complexity index is 667. The molecule has 1 heterocycles. The number of rotatable bonds is 7. The van der Waals surface area contributed by atoms with Crippen LogP contribution in [0, 0.1) is 12.7 Å². The van der Waals surface area contributed by atoms with E-state index in [1.807, 2.05) is 25.1 Å². The minimum atomic E-state index is -0.203. The summed E-state index contributed by atoms with van der Waals surface area (Å²) in [7, 11) is 0. The first-order valence-corrected chi connectivity index (χ1v) is 7.99. The van der Waals surface area contributed by atoms with Crippen molar-refractivity contribution in [2.24, 2.45) is 4.99 Å². The van der Waals surface area contributed by atoms with Crippen molar-refractivity contribution in [1.29, 1.82) is 0 Å². The summed E-state index contributed by atoms with van der Waals surface area (Å²) >= 11 is 0. The third kappa shape index (κ3) is 7.68. The standard InChI is InChI=1S/C18H23FN4O.HI/c1-3-21-18(22-9-10-24-16-5-4-8-20-13-16)23-12-15-7-6-14(2)17(19)11-15;/h4-8,11,13H,3,9-10,12H2,1-2H3,(H2,21,22,23);1H. The Kier molecular flexibility index (Phi) is 9.83. The predicted octanol–water partition coefficient (Wildman–Crippen LogP) is 3.28. The summed E-state index contributed by atoms with van der Waals surface area (Å²) in [5, 5.41) is 6.34. The molecule has 5 nitrogen and oxygen atoms in total. The van der Waals surface area contributed by atoms with E-state index in [1.165, 1.54) is 6.07 Å². The SMILES string of the molecule is CCNC(=NCc1ccc(C)c(F)c1)NCCOc1cccnc1.I. The molecule has 25 heavy (non-hydrogen) atoms. The van der Waals surface area contributed by atoms with Gasteiger partial charge in [-0.05, 0) is 43.2 Å². The quantitative estimate of drug-likeness (QED) is 0.290. The maximum Gasteiger partial charge on any atom is 0.191 e. The first-order valence-electron chi connectivity index (χ1n) is 7.99. The molecule has 0 amide bonds. The summed E-state index contributed by atoms with van der Waals surface area (Å²) in [5.74, 6) is 1.20. The van der Waals surface area contributed by atoms with Gasteiger partial charge in [0.25, 0.3) is 0 Å². The number of aromatic nitrogens is 1. The number of nitrogens with one attached hydrogen (secondary N) is 2. The van der Waals surface area contributed by atoms with Crippen LogP contribution >= 0.6 is 24.0 Å². The van der Waals surface area contributed by atoms with E-state index in [4.69, 9.17) is 4.74 Å². The fourth-order valence-electron chi connectivity index (χ4n) is 2.02. The molecule has 0 saturated carbocycles. The van der Waals surface area contributed by atoms with Crippen molar-refractivity contribution in [1.82, 2.24) is 15.6 Å². The van der Waals surface area contributed by atoms with E-state index in [-0.39, 0.29) is 29.8 Å². The molecular formula is C18H24FIN4O. The number of aryl methyl sites for hydroxylation is 1. The number of pyridine rings is 1. The first-order chi connectivity index (χ1) is 11.7. The average Bonchev–Trinajstić information content (AvgIpc) is 2.60. The number of ether oxygens (including phenoxy) is 1. The molecule has 136 valence electrons. The highest BCUT2D eigenvalue weighted by molar-refractivity contribution is 14.0. The molecule has 0 aliphatic carbocycles. The third-order valence-corrected chi connectivity index (χ3v) is 3.30. The van der Waals surface area contributed by atoms with Crippen LogP contribution in [0.2, 0.25) is 0 Å². The number of halogens is 2. The summed E-state index contributed by atoms with van der Waals surface area (Å²) in [4.78, 5) is 8.45. The number of nitrogens with zero attached hydrogens (tertiary/aromatic N) is 2. The molecule has 0 unspecified atom stereocenters. The largest absolute Gasteiger partial charge is 0.490 e. The number of hydrogen-bond acceptors (Lipinski definition) is 3. The summed E-state index contributed by atoms with van der Waals surface area (Å²) in [6.45, 7) is 6.00. The molecule has 1 aromatic carbocycles. The van der Waals surface area contributed by atoms with Crippen LogP contribution in [0.1, 0.15) is 18.1 Å². The molecule has 0 spiro atoms. The van der Waals surface area contributed by atoms with Gasteiger partial charge in [0, 0.05) is 12.7 Å². The molecule has 7 heteroatoms. The van der Waals surface area contributed by atoms with Crippen molar-refractivity contribution in [3.05, 3.63) is 59.7 Å². The summed E-state index contributed by atoms with van der Waals surface area (Å²) in [6, 6.07) is 8.86. The van der Waals surface area contributed by atoms with Gasteiger partial charge in [0.2, 0.25) is 0 Å². The number of hydrogen-bond donors (Lipinski definition) is 2. The van der Waals surface area contributed by atoms with Gasteiger partial charge in [0.15, 0.2) is 5.96 Å². The highest BCUT2D eigenvalue weighted by Gasteiger charge is 2.01. The lowest BCUT2D eigenvalue weighted by Gasteiger charge is -2.12. The lowest BCUT2D eigenvalue weighted by atomic mass is 10.1. The molecule has 2 aromatic rings. The van der Waals surface area contributed by atoms with E-state index in [2.05, 4.69) is 20.6 Å². The lowest BCUT2D eigenvalue weighted by molar-refractivity contribution is 0.320. The van der Waals surface area contributed by atoms with E-state index in [9.17, 15) is 4.39 Å². The van der Waals surface area contributed by atoms with Crippen molar-refractivity contribution >= 4 is 29.9 Å². The van der Waals surface area contributed by atoms with Crippen LogP contribution in [-0.2, 0) is 6.54 Å². The normalized spacial score (nSPS) is 10.8. The molecule has 0 fully saturated rings. The van der Waals surface area contributed by atoms with Gasteiger partial charge in [-0.3, -0.25) is 4.98 Å². The van der Waals surface area contributed by atoms with Crippen LogP contribution in [0.5, 0.6) is 5.75 Å². The van der Waals surface area contributed by atoms with Crippen molar-refractivity contribution in [2.75, 3.05) is 19.7 Å². The van der Waals surface area contributed by atoms with E-state index < -0.39 is 0 Å². The zero-order valence-corrected chi connectivity index (χ0v) is 16.8. The van der Waals surface area contributed by atoms with E-state index in [0.717, 1.165) is 17.9 Å². The van der Waals surface area contributed by atoms with Crippen LogP contribution in [-0.4, -0.2) is 30.6 Å². The summed E-state index contributed by atoms with van der Waals surface area (Å²) < 4.78 is 19.1. The minimum absolute atomic E-state index is 0. The van der Waals surface area contributed by atoms with Gasteiger partial charge in [-0.1, -0.05) is 12.1 Å². The molecule has 0 aliphatic rings. The molecule has 2 N–H and O–H groups in total. The fraction of sp³-hybridized carbons (Fsp3) is 0.333. The Morgan fingerprint density at radius 1 is 1.28 bits per heavy atom. The number of aliphatic imine (C=N–C) groups is 1. The van der Waals surface area contributed by atoms with Crippen LogP contribution in [0.15, 0.2) is 47.7 Å². The van der Waals surface area contributed by atoms with E-state index >= 15 is 0 Å². The van der Waals surface area contributed by atoms with Crippen LogP contribution in [0.4, 0.5) is 4.39 Å². The molecule has 0 saturated heterocycles. The van der Waals surface area contributed by atoms with Crippen molar-refractivity contribution in [3.8, 4) is 5.75 Å². The maximum absolute atomic E-state index is 13.6. The Balaban J connectivity index is 0.00000312. The lowest BCUT2D eigenvalue weighted by Crippen LogP contribution is -2.39. The maximum atomic E-state index is 13.6. The van der Waals surface area contributed by atoms with Crippen molar-refractivity contribution in [2.45, 2.75) is 20.4 Å². The van der Waals surface area contributed by atoms with Gasteiger partial charge in [-0.15, -0.1) is 24.0 Å². The van der Waals surface area contributed by atoms with Crippen molar-refractivity contribution in [3.63, 3.8) is 0 Å². The molecule has 0 bridgehead atoms. The predicted molar refractivity (Wildman–Crippen MR) is 109 cm³/mol. The van der Waals surface area contributed by atoms with Gasteiger partial charge in [0.1, 0.15) is 18.2 Å².